The summed E-state index contributed by atoms with van der Waals surface area (Å²) in [5.41, 5.74) is 0. The van der Waals surface area contributed by atoms with Crippen molar-refractivity contribution in [1.82, 2.24) is 9.80 Å². The molecule has 2 heterocycles. The predicted molar refractivity (Wildman–Crippen MR) is 65.5 cm³/mol. The fourth-order valence-electron chi connectivity index (χ4n) is 2.89. The number of aliphatic hydroxyl groups is 2. The van der Waals surface area contributed by atoms with E-state index in [0.717, 1.165) is 12.8 Å². The molecule has 0 saturated carbocycles. The van der Waals surface area contributed by atoms with Gasteiger partial charge in [-0.1, -0.05) is 6.92 Å². The number of urea groups is 1. The normalized spacial score (nSPS) is 35.5. The number of hydrogen-bond donors (Lipinski definition) is 3. The average molecular weight is 272 g/mol. The number of rotatable bonds is 1. The lowest BCUT2D eigenvalue weighted by atomic mass is 9.91. The van der Waals surface area contributed by atoms with Crippen LogP contribution in [0.25, 0.3) is 0 Å². The second-order valence-corrected chi connectivity index (χ2v) is 5.42. The summed E-state index contributed by atoms with van der Waals surface area (Å²) in [6.45, 7) is 2.34. The van der Waals surface area contributed by atoms with Crippen LogP contribution >= 0.6 is 0 Å². The molecule has 4 unspecified atom stereocenters. The van der Waals surface area contributed by atoms with Crippen LogP contribution in [0.2, 0.25) is 0 Å². The third-order valence-electron chi connectivity index (χ3n) is 3.96. The zero-order chi connectivity index (χ0) is 14.2. The smallest absolute Gasteiger partial charge is 0.326 e. The van der Waals surface area contributed by atoms with Crippen molar-refractivity contribution in [3.05, 3.63) is 0 Å². The Morgan fingerprint density at radius 3 is 2.26 bits per heavy atom. The first-order valence-corrected chi connectivity index (χ1v) is 6.56. The maximum Gasteiger partial charge on any atom is 0.326 e. The molecule has 7 heteroatoms. The number of aliphatic carboxylic acids is 1. The van der Waals surface area contributed by atoms with Crippen molar-refractivity contribution in [2.45, 2.75) is 38.0 Å². The topological polar surface area (TPSA) is 101 Å². The van der Waals surface area contributed by atoms with E-state index in [0.29, 0.717) is 6.54 Å². The van der Waals surface area contributed by atoms with Gasteiger partial charge in [0.25, 0.3) is 0 Å². The van der Waals surface area contributed by atoms with E-state index in [1.54, 1.807) is 0 Å². The second-order valence-electron chi connectivity index (χ2n) is 5.42. The Bertz CT molecular complexity index is 365. The zero-order valence-corrected chi connectivity index (χ0v) is 10.9. The minimum Gasteiger partial charge on any atom is -0.480 e. The first kappa shape index (κ1) is 14.1. The highest BCUT2D eigenvalue weighted by Crippen LogP contribution is 2.25. The van der Waals surface area contributed by atoms with Crippen LogP contribution in [0.4, 0.5) is 4.79 Å². The van der Waals surface area contributed by atoms with E-state index in [4.69, 9.17) is 0 Å². The summed E-state index contributed by atoms with van der Waals surface area (Å²) in [6, 6.07) is -1.23. The molecule has 2 aliphatic heterocycles. The Kier molecular flexibility index (Phi) is 3.96. The lowest BCUT2D eigenvalue weighted by molar-refractivity contribution is -0.145. The van der Waals surface area contributed by atoms with Crippen LogP contribution in [0.3, 0.4) is 0 Å². The summed E-state index contributed by atoms with van der Waals surface area (Å²) >= 11 is 0. The number of piperidine rings is 1. The summed E-state index contributed by atoms with van der Waals surface area (Å²) in [4.78, 5) is 26.3. The van der Waals surface area contributed by atoms with E-state index in [-0.39, 0.29) is 19.0 Å². The SMILES string of the molecule is CC1CCCN(C(=O)N2CC(O)C(O)C2)C1C(=O)O. The van der Waals surface area contributed by atoms with Gasteiger partial charge in [-0.3, -0.25) is 0 Å². The molecule has 0 aromatic heterocycles. The Hall–Kier alpha value is -1.34. The molecule has 2 fully saturated rings. The Morgan fingerprint density at radius 2 is 1.74 bits per heavy atom. The van der Waals surface area contributed by atoms with Gasteiger partial charge in [-0.2, -0.15) is 0 Å². The van der Waals surface area contributed by atoms with Crippen LogP contribution in [-0.4, -0.2) is 75.0 Å². The molecule has 2 rings (SSSR count). The van der Waals surface area contributed by atoms with E-state index in [1.807, 2.05) is 6.92 Å². The van der Waals surface area contributed by atoms with Crippen molar-refractivity contribution in [1.29, 1.82) is 0 Å². The molecular weight excluding hydrogens is 252 g/mol. The molecule has 108 valence electrons. The van der Waals surface area contributed by atoms with Crippen LogP contribution in [-0.2, 0) is 4.79 Å². The number of amides is 2. The van der Waals surface area contributed by atoms with Crippen LogP contribution in [0.5, 0.6) is 0 Å². The van der Waals surface area contributed by atoms with Crippen LogP contribution in [0, 0.1) is 5.92 Å². The van der Waals surface area contributed by atoms with Gasteiger partial charge < -0.3 is 25.1 Å². The molecule has 0 aromatic carbocycles. The molecule has 2 amide bonds. The van der Waals surface area contributed by atoms with E-state index in [2.05, 4.69) is 0 Å². The standard InChI is InChI=1S/C12H20N2O5/c1-7-3-2-4-14(10(7)11(17)18)12(19)13-5-8(15)9(16)6-13/h7-10,15-16H,2-6H2,1H3,(H,17,18). The first-order valence-electron chi connectivity index (χ1n) is 6.56. The van der Waals surface area contributed by atoms with Gasteiger partial charge in [-0.25, -0.2) is 9.59 Å². The molecule has 0 aromatic rings. The lowest BCUT2D eigenvalue weighted by Crippen LogP contribution is -2.55. The number of carboxylic acid groups (broad SMARTS) is 1. The molecular formula is C12H20N2O5. The number of aliphatic hydroxyl groups excluding tert-OH is 2. The molecule has 3 N–H and O–H groups in total. The van der Waals surface area contributed by atoms with Crippen molar-refractivity contribution in [3.63, 3.8) is 0 Å². The van der Waals surface area contributed by atoms with Crippen LogP contribution in [0.15, 0.2) is 0 Å². The maximum absolute atomic E-state index is 12.3. The summed E-state index contributed by atoms with van der Waals surface area (Å²) in [5, 5.41) is 28.2. The van der Waals surface area contributed by atoms with Crippen molar-refractivity contribution in [2.24, 2.45) is 5.92 Å². The molecule has 0 radical (unpaired) electrons. The first-order chi connectivity index (χ1) is 8.91. The number of hydrogen-bond acceptors (Lipinski definition) is 4. The molecule has 4 atom stereocenters. The van der Waals surface area contributed by atoms with Crippen molar-refractivity contribution in [3.8, 4) is 0 Å². The third-order valence-corrected chi connectivity index (χ3v) is 3.96. The molecule has 19 heavy (non-hydrogen) atoms. The van der Waals surface area contributed by atoms with E-state index < -0.39 is 30.3 Å². The Balaban J connectivity index is 2.10. The molecule has 7 nitrogen and oxygen atoms in total. The van der Waals surface area contributed by atoms with Gasteiger partial charge in [0.05, 0.1) is 25.3 Å². The summed E-state index contributed by atoms with van der Waals surface area (Å²) < 4.78 is 0. The van der Waals surface area contributed by atoms with E-state index in [1.165, 1.54) is 9.80 Å². The summed E-state index contributed by atoms with van der Waals surface area (Å²) in [5.74, 6) is -1.09. The minimum atomic E-state index is -0.999. The molecule has 0 spiro atoms. The minimum absolute atomic E-state index is 0.0528. The zero-order valence-electron chi connectivity index (χ0n) is 10.9. The van der Waals surface area contributed by atoms with Gasteiger partial charge in [0.2, 0.25) is 0 Å². The number of carbonyl (C=O) groups is 2. The number of β-amino-alcohol motifs (C(OH)–C–C–N with tert-alkyl or cyclic N) is 2. The lowest BCUT2D eigenvalue weighted by Gasteiger charge is -2.39. The fraction of sp³-hybridized carbons (Fsp3) is 0.833. The van der Waals surface area contributed by atoms with Crippen LogP contribution < -0.4 is 0 Å². The largest absolute Gasteiger partial charge is 0.480 e. The van der Waals surface area contributed by atoms with Crippen molar-refractivity contribution in [2.75, 3.05) is 19.6 Å². The highest BCUT2D eigenvalue weighted by Gasteiger charge is 2.41. The average Bonchev–Trinajstić information content (AvgIpc) is 2.68. The maximum atomic E-state index is 12.3. The number of carbonyl (C=O) groups excluding carboxylic acids is 1. The predicted octanol–water partition coefficient (Wildman–Crippen LogP) is -0.671. The fourth-order valence-corrected chi connectivity index (χ4v) is 2.89. The highest BCUT2D eigenvalue weighted by molar-refractivity contribution is 5.83. The quantitative estimate of drug-likeness (QED) is 0.587. The monoisotopic (exact) mass is 272 g/mol. The van der Waals surface area contributed by atoms with Gasteiger partial charge in [0, 0.05) is 6.54 Å². The highest BCUT2D eigenvalue weighted by atomic mass is 16.4. The summed E-state index contributed by atoms with van der Waals surface area (Å²) in [6.07, 6.45) is -0.342. The molecule has 2 aliphatic rings. The summed E-state index contributed by atoms with van der Waals surface area (Å²) in [7, 11) is 0. The third kappa shape index (κ3) is 2.66. The Labute approximate surface area is 111 Å². The molecule has 0 bridgehead atoms. The van der Waals surface area contributed by atoms with Crippen molar-refractivity contribution < 1.29 is 24.9 Å². The van der Waals surface area contributed by atoms with Gasteiger partial charge in [-0.05, 0) is 18.8 Å². The Morgan fingerprint density at radius 1 is 1.16 bits per heavy atom. The van der Waals surface area contributed by atoms with E-state index >= 15 is 0 Å². The van der Waals surface area contributed by atoms with E-state index in [9.17, 15) is 24.9 Å². The van der Waals surface area contributed by atoms with Crippen LogP contribution in [0.1, 0.15) is 19.8 Å². The van der Waals surface area contributed by atoms with Gasteiger partial charge in [-0.15, -0.1) is 0 Å². The molecule has 0 aliphatic carbocycles. The number of nitrogens with zero attached hydrogens (tertiary/aromatic N) is 2. The second kappa shape index (κ2) is 5.34. The number of likely N-dealkylation sites (tertiary alicyclic amines) is 2. The number of carboxylic acids is 1. The van der Waals surface area contributed by atoms with Gasteiger partial charge >= 0.3 is 12.0 Å². The van der Waals surface area contributed by atoms with Crippen molar-refractivity contribution >= 4 is 12.0 Å². The van der Waals surface area contributed by atoms with Gasteiger partial charge in [0.1, 0.15) is 6.04 Å². The van der Waals surface area contributed by atoms with Gasteiger partial charge in [0.15, 0.2) is 0 Å². The molecule has 2 saturated heterocycles.